The van der Waals surface area contributed by atoms with E-state index in [1.807, 2.05) is 41.4 Å². The number of aromatic nitrogens is 3. The van der Waals surface area contributed by atoms with Crippen molar-refractivity contribution in [3.8, 4) is 11.3 Å². The number of ether oxygens (including phenoxy) is 1. The standard InChI is InChI=1S/C21H28N4O2/c1-20(2,3)18(19(26)24-14-21(15-24)11-7-8-12-27-21)25-13-17(22-23-25)16-9-5-4-6-10-16/h4-6,9-10,13,18H,7-8,11-12,14-15H2,1-3H3/t18-/m1/s1. The summed E-state index contributed by atoms with van der Waals surface area (Å²) < 4.78 is 7.72. The molecule has 6 nitrogen and oxygen atoms in total. The van der Waals surface area contributed by atoms with Crippen LogP contribution in [0.15, 0.2) is 36.5 Å². The SMILES string of the molecule is CC(C)(C)[C@@H](C(=O)N1CC2(CCCCO2)C1)n1cc(-c2ccccc2)nn1. The van der Waals surface area contributed by atoms with Crippen molar-refractivity contribution < 1.29 is 9.53 Å². The van der Waals surface area contributed by atoms with Crippen molar-refractivity contribution in [3.63, 3.8) is 0 Å². The lowest BCUT2D eigenvalue weighted by Crippen LogP contribution is -2.67. The molecule has 1 amide bonds. The van der Waals surface area contributed by atoms with Crippen molar-refractivity contribution in [2.45, 2.75) is 51.7 Å². The van der Waals surface area contributed by atoms with Gasteiger partial charge in [-0.15, -0.1) is 5.10 Å². The molecule has 2 aliphatic rings. The van der Waals surface area contributed by atoms with E-state index in [2.05, 4.69) is 31.1 Å². The van der Waals surface area contributed by atoms with Crippen LogP contribution in [-0.4, -0.2) is 51.1 Å². The Labute approximate surface area is 160 Å². The van der Waals surface area contributed by atoms with Crippen LogP contribution >= 0.6 is 0 Å². The Balaban J connectivity index is 1.54. The van der Waals surface area contributed by atoms with Gasteiger partial charge in [0.1, 0.15) is 17.3 Å². The Kier molecular flexibility index (Phi) is 4.54. The molecule has 4 rings (SSSR count). The number of benzene rings is 1. The van der Waals surface area contributed by atoms with Crippen LogP contribution < -0.4 is 0 Å². The van der Waals surface area contributed by atoms with E-state index in [0.717, 1.165) is 30.7 Å². The van der Waals surface area contributed by atoms with Gasteiger partial charge in [-0.1, -0.05) is 56.3 Å². The maximum atomic E-state index is 13.3. The predicted molar refractivity (Wildman–Crippen MR) is 103 cm³/mol. The third-order valence-corrected chi connectivity index (χ3v) is 5.60. The van der Waals surface area contributed by atoms with Gasteiger partial charge in [-0.3, -0.25) is 4.79 Å². The van der Waals surface area contributed by atoms with Crippen molar-refractivity contribution in [2.75, 3.05) is 19.7 Å². The summed E-state index contributed by atoms with van der Waals surface area (Å²) in [5, 5.41) is 8.62. The van der Waals surface area contributed by atoms with Gasteiger partial charge in [0.15, 0.2) is 0 Å². The largest absolute Gasteiger partial charge is 0.371 e. The summed E-state index contributed by atoms with van der Waals surface area (Å²) in [4.78, 5) is 15.2. The molecular weight excluding hydrogens is 340 g/mol. The second-order valence-corrected chi connectivity index (χ2v) is 8.90. The number of carbonyl (C=O) groups is 1. The average molecular weight is 368 g/mol. The Bertz CT molecular complexity index is 795. The van der Waals surface area contributed by atoms with E-state index in [0.29, 0.717) is 13.1 Å². The van der Waals surface area contributed by atoms with E-state index >= 15 is 0 Å². The zero-order valence-electron chi connectivity index (χ0n) is 16.4. The molecule has 0 bridgehead atoms. The fourth-order valence-corrected chi connectivity index (χ4v) is 4.16. The first-order valence-corrected chi connectivity index (χ1v) is 9.78. The minimum atomic E-state index is -0.386. The molecule has 0 saturated carbocycles. The molecule has 2 aliphatic heterocycles. The van der Waals surface area contributed by atoms with Gasteiger partial charge in [0.05, 0.1) is 19.3 Å². The van der Waals surface area contributed by atoms with E-state index < -0.39 is 0 Å². The molecule has 0 radical (unpaired) electrons. The molecule has 3 heterocycles. The van der Waals surface area contributed by atoms with Crippen molar-refractivity contribution in [3.05, 3.63) is 36.5 Å². The van der Waals surface area contributed by atoms with Crippen molar-refractivity contribution >= 4 is 5.91 Å². The molecule has 0 aliphatic carbocycles. The van der Waals surface area contributed by atoms with E-state index in [1.54, 1.807) is 4.68 Å². The first-order chi connectivity index (χ1) is 12.9. The Morgan fingerprint density at radius 2 is 1.93 bits per heavy atom. The number of likely N-dealkylation sites (tertiary alicyclic amines) is 1. The van der Waals surface area contributed by atoms with Gasteiger partial charge >= 0.3 is 0 Å². The minimum absolute atomic E-state index is 0.103. The molecule has 2 fully saturated rings. The highest BCUT2D eigenvalue weighted by Gasteiger charge is 2.50. The molecule has 1 aromatic heterocycles. The molecule has 1 atom stereocenters. The summed E-state index contributed by atoms with van der Waals surface area (Å²) >= 11 is 0. The lowest BCUT2D eigenvalue weighted by Gasteiger charge is -2.52. The molecule has 144 valence electrons. The number of nitrogens with zero attached hydrogens (tertiary/aromatic N) is 4. The normalized spacial score (nSPS) is 20.3. The van der Waals surface area contributed by atoms with Gasteiger partial charge in [-0.25, -0.2) is 4.68 Å². The number of carbonyl (C=O) groups excluding carboxylic acids is 1. The highest BCUT2D eigenvalue weighted by atomic mass is 16.5. The predicted octanol–water partition coefficient (Wildman–Crippen LogP) is 3.31. The van der Waals surface area contributed by atoms with Gasteiger partial charge in [-0.05, 0) is 24.7 Å². The van der Waals surface area contributed by atoms with Crippen LogP contribution in [0.5, 0.6) is 0 Å². The second kappa shape index (κ2) is 6.75. The third-order valence-electron chi connectivity index (χ3n) is 5.60. The van der Waals surface area contributed by atoms with E-state index in [1.165, 1.54) is 6.42 Å². The Hall–Kier alpha value is -2.21. The zero-order valence-corrected chi connectivity index (χ0v) is 16.4. The lowest BCUT2D eigenvalue weighted by atomic mass is 9.82. The van der Waals surface area contributed by atoms with Crippen molar-refractivity contribution in [1.82, 2.24) is 19.9 Å². The highest BCUT2D eigenvalue weighted by molar-refractivity contribution is 5.82. The molecule has 6 heteroatoms. The molecule has 1 spiro atoms. The molecule has 0 unspecified atom stereocenters. The number of rotatable bonds is 3. The maximum Gasteiger partial charge on any atom is 0.248 e. The van der Waals surface area contributed by atoms with Gasteiger partial charge in [-0.2, -0.15) is 0 Å². The van der Waals surface area contributed by atoms with E-state index in [4.69, 9.17) is 4.74 Å². The fourth-order valence-electron chi connectivity index (χ4n) is 4.16. The molecular formula is C21H28N4O2. The van der Waals surface area contributed by atoms with Crippen molar-refractivity contribution in [2.24, 2.45) is 5.41 Å². The quantitative estimate of drug-likeness (QED) is 0.834. The van der Waals surface area contributed by atoms with E-state index in [-0.39, 0.29) is 23.0 Å². The topological polar surface area (TPSA) is 60.2 Å². The smallest absolute Gasteiger partial charge is 0.248 e. The van der Waals surface area contributed by atoms with Crippen LogP contribution in [0.3, 0.4) is 0 Å². The van der Waals surface area contributed by atoms with Crippen LogP contribution in [-0.2, 0) is 9.53 Å². The molecule has 27 heavy (non-hydrogen) atoms. The van der Waals surface area contributed by atoms with Crippen LogP contribution in [0.4, 0.5) is 0 Å². The summed E-state index contributed by atoms with van der Waals surface area (Å²) in [6, 6.07) is 9.55. The molecule has 0 N–H and O–H groups in total. The summed E-state index contributed by atoms with van der Waals surface area (Å²) in [5.74, 6) is 0.104. The van der Waals surface area contributed by atoms with Crippen LogP contribution in [0.1, 0.15) is 46.1 Å². The number of hydrogen-bond acceptors (Lipinski definition) is 4. The second-order valence-electron chi connectivity index (χ2n) is 8.90. The maximum absolute atomic E-state index is 13.3. The average Bonchev–Trinajstić information content (AvgIpc) is 3.09. The Morgan fingerprint density at radius 3 is 2.56 bits per heavy atom. The molecule has 2 aromatic rings. The minimum Gasteiger partial charge on any atom is -0.371 e. The lowest BCUT2D eigenvalue weighted by molar-refractivity contribution is -0.185. The zero-order chi connectivity index (χ0) is 19.1. The Morgan fingerprint density at radius 1 is 1.19 bits per heavy atom. The van der Waals surface area contributed by atoms with Crippen LogP contribution in [0.2, 0.25) is 0 Å². The summed E-state index contributed by atoms with van der Waals surface area (Å²) in [5.41, 5.74) is 1.42. The fraction of sp³-hybridized carbons (Fsp3) is 0.571. The van der Waals surface area contributed by atoms with Crippen LogP contribution in [0.25, 0.3) is 11.3 Å². The molecule has 1 aromatic carbocycles. The van der Waals surface area contributed by atoms with E-state index in [9.17, 15) is 4.79 Å². The van der Waals surface area contributed by atoms with Gasteiger partial charge in [0, 0.05) is 12.2 Å². The highest BCUT2D eigenvalue weighted by Crippen LogP contribution is 2.39. The third kappa shape index (κ3) is 3.50. The monoisotopic (exact) mass is 368 g/mol. The van der Waals surface area contributed by atoms with Gasteiger partial charge in [0.2, 0.25) is 5.91 Å². The van der Waals surface area contributed by atoms with Crippen LogP contribution in [0, 0.1) is 5.41 Å². The first kappa shape index (κ1) is 18.2. The molecule has 2 saturated heterocycles. The number of amides is 1. The number of hydrogen-bond donors (Lipinski definition) is 0. The summed E-state index contributed by atoms with van der Waals surface area (Å²) in [7, 11) is 0. The summed E-state index contributed by atoms with van der Waals surface area (Å²) in [6.07, 6.45) is 5.25. The van der Waals surface area contributed by atoms with Gasteiger partial charge < -0.3 is 9.64 Å². The first-order valence-electron chi connectivity index (χ1n) is 9.78. The van der Waals surface area contributed by atoms with Crippen molar-refractivity contribution in [1.29, 1.82) is 0 Å². The summed E-state index contributed by atoms with van der Waals surface area (Å²) in [6.45, 7) is 8.43. The van der Waals surface area contributed by atoms with Gasteiger partial charge in [0.25, 0.3) is 0 Å².